The zero-order valence-corrected chi connectivity index (χ0v) is 12.1. The lowest BCUT2D eigenvalue weighted by Gasteiger charge is -2.28. The van der Waals surface area contributed by atoms with Crippen molar-refractivity contribution < 1.29 is 19.1 Å². The Hall–Kier alpha value is -1.62. The van der Waals surface area contributed by atoms with Crippen molar-refractivity contribution in [2.75, 3.05) is 0 Å². The molecule has 0 atom stereocenters. The smallest absolute Gasteiger partial charge is 0.329 e. The first-order chi connectivity index (χ1) is 9.36. The quantitative estimate of drug-likeness (QED) is 0.849. The molecular formula is C14H17ClFNO3. The minimum atomic E-state index is -1.32. The summed E-state index contributed by atoms with van der Waals surface area (Å²) in [7, 11) is 0. The van der Waals surface area contributed by atoms with Crippen LogP contribution in [0.1, 0.15) is 32.3 Å². The molecule has 1 aromatic carbocycles. The fourth-order valence-corrected chi connectivity index (χ4v) is 2.19. The van der Waals surface area contributed by atoms with Gasteiger partial charge in [-0.15, -0.1) is 0 Å². The van der Waals surface area contributed by atoms with Crippen LogP contribution >= 0.6 is 11.6 Å². The second kappa shape index (κ2) is 6.70. The Bertz CT molecular complexity index is 495. The summed E-state index contributed by atoms with van der Waals surface area (Å²) in [5.41, 5.74) is -1.26. The van der Waals surface area contributed by atoms with Crippen LogP contribution in [0.25, 0.3) is 0 Å². The van der Waals surface area contributed by atoms with Gasteiger partial charge in [0.05, 0.1) is 6.42 Å². The van der Waals surface area contributed by atoms with Gasteiger partial charge in [-0.25, -0.2) is 9.18 Å². The standard InChI is InChI=1S/C14H17ClFNO3/c1-3-14(4-2,13(19)20)17-12(18)8-9-10(15)6-5-7-11(9)16/h5-7H,3-4,8H2,1-2H3,(H,17,18)(H,19,20). The van der Waals surface area contributed by atoms with Crippen LogP contribution in [-0.4, -0.2) is 22.5 Å². The van der Waals surface area contributed by atoms with Crippen LogP contribution in [0.5, 0.6) is 0 Å². The fourth-order valence-electron chi connectivity index (χ4n) is 1.96. The van der Waals surface area contributed by atoms with Crippen molar-refractivity contribution in [3.8, 4) is 0 Å². The molecule has 110 valence electrons. The monoisotopic (exact) mass is 301 g/mol. The lowest BCUT2D eigenvalue weighted by atomic mass is 9.92. The van der Waals surface area contributed by atoms with Crippen molar-refractivity contribution in [3.05, 3.63) is 34.6 Å². The molecule has 1 aromatic rings. The molecule has 1 rings (SSSR count). The maximum atomic E-state index is 13.6. The number of carbonyl (C=O) groups is 2. The molecule has 0 saturated carbocycles. The summed E-state index contributed by atoms with van der Waals surface area (Å²) in [6.45, 7) is 3.35. The molecule has 6 heteroatoms. The van der Waals surface area contributed by atoms with Gasteiger partial charge in [0.2, 0.25) is 5.91 Å². The van der Waals surface area contributed by atoms with Gasteiger partial charge in [0.1, 0.15) is 11.4 Å². The van der Waals surface area contributed by atoms with Crippen LogP contribution < -0.4 is 5.32 Å². The minimum Gasteiger partial charge on any atom is -0.480 e. The van der Waals surface area contributed by atoms with Crippen LogP contribution in [-0.2, 0) is 16.0 Å². The largest absolute Gasteiger partial charge is 0.480 e. The highest BCUT2D eigenvalue weighted by molar-refractivity contribution is 6.31. The summed E-state index contributed by atoms with van der Waals surface area (Å²) in [5, 5.41) is 11.8. The van der Waals surface area contributed by atoms with E-state index in [-0.39, 0.29) is 29.8 Å². The maximum absolute atomic E-state index is 13.6. The summed E-state index contributed by atoms with van der Waals surface area (Å²) < 4.78 is 13.6. The summed E-state index contributed by atoms with van der Waals surface area (Å²) in [6.07, 6.45) is 0.200. The molecule has 0 bridgehead atoms. The average Bonchev–Trinajstić information content (AvgIpc) is 2.40. The number of carboxylic acid groups (broad SMARTS) is 1. The van der Waals surface area contributed by atoms with Gasteiger partial charge in [-0.2, -0.15) is 0 Å². The molecule has 0 spiro atoms. The molecule has 2 N–H and O–H groups in total. The van der Waals surface area contributed by atoms with E-state index in [4.69, 9.17) is 11.6 Å². The zero-order chi connectivity index (χ0) is 15.3. The summed E-state index contributed by atoms with van der Waals surface area (Å²) in [4.78, 5) is 23.2. The van der Waals surface area contributed by atoms with Crippen molar-refractivity contribution in [1.29, 1.82) is 0 Å². The van der Waals surface area contributed by atoms with Gasteiger partial charge in [0.15, 0.2) is 0 Å². The second-order valence-corrected chi connectivity index (χ2v) is 4.93. The molecule has 0 heterocycles. The molecule has 0 saturated heterocycles. The van der Waals surface area contributed by atoms with Gasteiger partial charge < -0.3 is 10.4 Å². The molecule has 0 aliphatic rings. The first kappa shape index (κ1) is 16.4. The van der Waals surface area contributed by atoms with E-state index in [0.717, 1.165) is 0 Å². The third-order valence-corrected chi connectivity index (χ3v) is 3.75. The molecule has 20 heavy (non-hydrogen) atoms. The molecule has 0 fully saturated rings. The summed E-state index contributed by atoms with van der Waals surface area (Å²) in [6, 6.07) is 4.13. The van der Waals surface area contributed by atoms with Gasteiger partial charge in [-0.3, -0.25) is 4.79 Å². The van der Waals surface area contributed by atoms with Crippen LogP contribution in [0.4, 0.5) is 4.39 Å². The lowest BCUT2D eigenvalue weighted by Crippen LogP contribution is -2.54. The van der Waals surface area contributed by atoms with Gasteiger partial charge in [-0.1, -0.05) is 31.5 Å². The van der Waals surface area contributed by atoms with Crippen molar-refractivity contribution >= 4 is 23.5 Å². The number of hydrogen-bond acceptors (Lipinski definition) is 2. The van der Waals surface area contributed by atoms with Crippen molar-refractivity contribution in [3.63, 3.8) is 0 Å². The van der Waals surface area contributed by atoms with E-state index in [1.54, 1.807) is 13.8 Å². The van der Waals surface area contributed by atoms with Crippen LogP contribution in [0.2, 0.25) is 5.02 Å². The normalized spacial score (nSPS) is 11.2. The number of hydrogen-bond donors (Lipinski definition) is 2. The molecule has 0 aliphatic heterocycles. The van der Waals surface area contributed by atoms with Crippen molar-refractivity contribution in [1.82, 2.24) is 5.32 Å². The van der Waals surface area contributed by atoms with E-state index in [1.165, 1.54) is 18.2 Å². The number of amides is 1. The van der Waals surface area contributed by atoms with Crippen LogP contribution in [0.15, 0.2) is 18.2 Å². The maximum Gasteiger partial charge on any atom is 0.329 e. The first-order valence-corrected chi connectivity index (χ1v) is 6.71. The first-order valence-electron chi connectivity index (χ1n) is 6.33. The van der Waals surface area contributed by atoms with E-state index >= 15 is 0 Å². The Balaban J connectivity index is 2.89. The second-order valence-electron chi connectivity index (χ2n) is 4.52. The molecule has 0 radical (unpaired) electrons. The molecule has 0 aromatic heterocycles. The average molecular weight is 302 g/mol. The third kappa shape index (κ3) is 3.48. The highest BCUT2D eigenvalue weighted by Crippen LogP contribution is 2.21. The SMILES string of the molecule is CCC(CC)(NC(=O)Cc1c(F)cccc1Cl)C(=O)O. The summed E-state index contributed by atoms with van der Waals surface area (Å²) in [5.74, 6) is -2.25. The predicted molar refractivity (Wildman–Crippen MR) is 74.2 cm³/mol. The van der Waals surface area contributed by atoms with E-state index in [0.29, 0.717) is 0 Å². The molecule has 0 unspecified atom stereocenters. The molecule has 0 aliphatic carbocycles. The van der Waals surface area contributed by atoms with Gasteiger partial charge in [0.25, 0.3) is 0 Å². The number of aliphatic carboxylic acids is 1. The van der Waals surface area contributed by atoms with Crippen LogP contribution in [0.3, 0.4) is 0 Å². The zero-order valence-electron chi connectivity index (χ0n) is 11.4. The van der Waals surface area contributed by atoms with Crippen molar-refractivity contribution in [2.24, 2.45) is 0 Å². The lowest BCUT2D eigenvalue weighted by molar-refractivity contribution is -0.148. The van der Waals surface area contributed by atoms with E-state index < -0.39 is 23.2 Å². The topological polar surface area (TPSA) is 66.4 Å². The van der Waals surface area contributed by atoms with Crippen LogP contribution in [0, 0.1) is 5.82 Å². The Morgan fingerprint density at radius 2 is 1.95 bits per heavy atom. The van der Waals surface area contributed by atoms with Crippen molar-refractivity contribution in [2.45, 2.75) is 38.6 Å². The van der Waals surface area contributed by atoms with E-state index in [1.807, 2.05) is 0 Å². The third-order valence-electron chi connectivity index (χ3n) is 3.39. The van der Waals surface area contributed by atoms with E-state index in [9.17, 15) is 19.1 Å². The highest BCUT2D eigenvalue weighted by atomic mass is 35.5. The Morgan fingerprint density at radius 1 is 1.35 bits per heavy atom. The predicted octanol–water partition coefficient (Wildman–Crippen LogP) is 2.78. The minimum absolute atomic E-state index is 0.0677. The molecule has 4 nitrogen and oxygen atoms in total. The Morgan fingerprint density at radius 3 is 2.40 bits per heavy atom. The van der Waals surface area contributed by atoms with Gasteiger partial charge >= 0.3 is 5.97 Å². The number of halogens is 2. The summed E-state index contributed by atoms with van der Waals surface area (Å²) >= 11 is 5.84. The number of carboxylic acids is 1. The number of rotatable bonds is 6. The molecule has 1 amide bonds. The number of carbonyl (C=O) groups excluding carboxylic acids is 1. The Kier molecular flexibility index (Phi) is 5.51. The van der Waals surface area contributed by atoms with E-state index in [2.05, 4.69) is 5.32 Å². The highest BCUT2D eigenvalue weighted by Gasteiger charge is 2.36. The van der Waals surface area contributed by atoms with Gasteiger partial charge in [0, 0.05) is 10.6 Å². The number of nitrogens with one attached hydrogen (secondary N) is 1. The fraction of sp³-hybridized carbons (Fsp3) is 0.429. The van der Waals surface area contributed by atoms with Gasteiger partial charge in [-0.05, 0) is 25.0 Å². The molecular weight excluding hydrogens is 285 g/mol. The Labute approximate surface area is 121 Å². The number of benzene rings is 1.